The van der Waals surface area contributed by atoms with Gasteiger partial charge in [-0.05, 0) is 25.7 Å². The molecule has 4 heteroatoms. The smallest absolute Gasteiger partial charge is 0.191 e. The number of nitrogens with zero attached hydrogens (tertiary/aromatic N) is 2. The molecule has 0 saturated carbocycles. The molecule has 15 heavy (non-hydrogen) atoms. The first-order valence-corrected chi connectivity index (χ1v) is 5.71. The van der Waals surface area contributed by atoms with Crippen LogP contribution in [0, 0.1) is 5.92 Å². The maximum Gasteiger partial charge on any atom is 0.191 e. The van der Waals surface area contributed by atoms with E-state index in [1.807, 2.05) is 6.92 Å². The summed E-state index contributed by atoms with van der Waals surface area (Å²) in [5, 5.41) is 0. The highest BCUT2D eigenvalue weighted by molar-refractivity contribution is 5.78. The molecule has 1 heterocycles. The van der Waals surface area contributed by atoms with E-state index in [9.17, 15) is 0 Å². The third-order valence-corrected chi connectivity index (χ3v) is 2.89. The maximum absolute atomic E-state index is 5.93. The third-order valence-electron chi connectivity index (χ3n) is 2.89. The zero-order valence-electron chi connectivity index (χ0n) is 10.1. The van der Waals surface area contributed by atoms with E-state index in [4.69, 9.17) is 10.5 Å². The summed E-state index contributed by atoms with van der Waals surface area (Å²) in [4.78, 5) is 6.53. The molecule has 1 fully saturated rings. The van der Waals surface area contributed by atoms with Gasteiger partial charge in [0.1, 0.15) is 0 Å². The minimum Gasteiger partial charge on any atom is -0.380 e. The van der Waals surface area contributed by atoms with Crippen LogP contribution in [0.25, 0.3) is 0 Å². The Bertz CT molecular complexity index is 218. The Labute approximate surface area is 92.5 Å². The van der Waals surface area contributed by atoms with Crippen LogP contribution in [0.4, 0.5) is 0 Å². The van der Waals surface area contributed by atoms with E-state index in [1.54, 1.807) is 7.11 Å². The molecule has 0 unspecified atom stereocenters. The van der Waals surface area contributed by atoms with Crippen molar-refractivity contribution in [3.05, 3.63) is 0 Å². The maximum atomic E-state index is 5.93. The predicted octanol–water partition coefficient (Wildman–Crippen LogP) is 1.07. The van der Waals surface area contributed by atoms with Crippen molar-refractivity contribution in [2.24, 2.45) is 16.6 Å². The Kier molecular flexibility index (Phi) is 4.88. The van der Waals surface area contributed by atoms with Gasteiger partial charge in [0.05, 0.1) is 12.6 Å². The zero-order chi connectivity index (χ0) is 11.3. The fourth-order valence-corrected chi connectivity index (χ4v) is 1.79. The Morgan fingerprint density at radius 3 is 3.00 bits per heavy atom. The van der Waals surface area contributed by atoms with E-state index >= 15 is 0 Å². The molecule has 0 amide bonds. The summed E-state index contributed by atoms with van der Waals surface area (Å²) in [6, 6.07) is 0. The highest BCUT2D eigenvalue weighted by Crippen LogP contribution is 2.14. The van der Waals surface area contributed by atoms with Crippen LogP contribution in [0.3, 0.4) is 0 Å². The lowest BCUT2D eigenvalue weighted by Crippen LogP contribution is -2.43. The van der Waals surface area contributed by atoms with Gasteiger partial charge in [-0.2, -0.15) is 0 Å². The standard InChI is InChI=1S/C11H23N3O/c1-9-5-4-6-14(8-9)11(12)13-7-10(2)15-3/h9-10H,4-8H2,1-3H3,(H2,12,13)/t9-,10-/m1/s1. The lowest BCUT2D eigenvalue weighted by molar-refractivity contribution is 0.125. The van der Waals surface area contributed by atoms with Gasteiger partial charge in [-0.15, -0.1) is 0 Å². The van der Waals surface area contributed by atoms with Crippen molar-refractivity contribution in [1.29, 1.82) is 0 Å². The second kappa shape index (κ2) is 5.95. The molecule has 2 atom stereocenters. The average Bonchev–Trinajstić information content (AvgIpc) is 2.25. The van der Waals surface area contributed by atoms with Gasteiger partial charge in [0.2, 0.25) is 0 Å². The first-order chi connectivity index (χ1) is 7.13. The van der Waals surface area contributed by atoms with Crippen molar-refractivity contribution in [2.45, 2.75) is 32.8 Å². The molecule has 0 aromatic heterocycles. The van der Waals surface area contributed by atoms with E-state index in [1.165, 1.54) is 12.8 Å². The first-order valence-electron chi connectivity index (χ1n) is 5.71. The molecule has 1 rings (SSSR count). The Hall–Kier alpha value is -0.770. The Morgan fingerprint density at radius 1 is 1.67 bits per heavy atom. The monoisotopic (exact) mass is 213 g/mol. The topological polar surface area (TPSA) is 50.9 Å². The molecule has 1 saturated heterocycles. The van der Waals surface area contributed by atoms with Crippen molar-refractivity contribution in [2.75, 3.05) is 26.7 Å². The van der Waals surface area contributed by atoms with Crippen molar-refractivity contribution < 1.29 is 4.74 Å². The van der Waals surface area contributed by atoms with Crippen LogP contribution >= 0.6 is 0 Å². The number of aliphatic imine (C=N–C) groups is 1. The van der Waals surface area contributed by atoms with Gasteiger partial charge in [0.15, 0.2) is 5.96 Å². The largest absolute Gasteiger partial charge is 0.380 e. The number of nitrogens with two attached hydrogens (primary N) is 1. The van der Waals surface area contributed by atoms with E-state index < -0.39 is 0 Å². The third kappa shape index (κ3) is 4.08. The Balaban J connectivity index is 2.40. The van der Waals surface area contributed by atoms with Gasteiger partial charge in [-0.25, -0.2) is 0 Å². The second-order valence-electron chi connectivity index (χ2n) is 4.44. The van der Waals surface area contributed by atoms with Crippen molar-refractivity contribution >= 4 is 5.96 Å². The van der Waals surface area contributed by atoms with Gasteiger partial charge in [0.25, 0.3) is 0 Å². The number of methoxy groups -OCH3 is 1. The molecule has 0 spiro atoms. The number of piperidine rings is 1. The van der Waals surface area contributed by atoms with Crippen LogP contribution in [0.15, 0.2) is 4.99 Å². The van der Waals surface area contributed by atoms with Crippen LogP contribution in [0.5, 0.6) is 0 Å². The van der Waals surface area contributed by atoms with Crippen LogP contribution in [-0.4, -0.2) is 43.7 Å². The minimum atomic E-state index is 0.144. The van der Waals surface area contributed by atoms with E-state index in [0.29, 0.717) is 12.5 Å². The average molecular weight is 213 g/mol. The lowest BCUT2D eigenvalue weighted by atomic mass is 10.0. The van der Waals surface area contributed by atoms with Gasteiger partial charge in [0, 0.05) is 20.2 Å². The SMILES string of the molecule is CO[C@H](C)CN=C(N)N1CCC[C@@H](C)C1. The molecule has 1 aliphatic heterocycles. The summed E-state index contributed by atoms with van der Waals surface area (Å²) in [5.41, 5.74) is 5.93. The highest BCUT2D eigenvalue weighted by atomic mass is 16.5. The Morgan fingerprint density at radius 2 is 2.40 bits per heavy atom. The van der Waals surface area contributed by atoms with Gasteiger partial charge in [-0.1, -0.05) is 6.92 Å². The molecule has 0 aromatic rings. The molecule has 0 radical (unpaired) electrons. The van der Waals surface area contributed by atoms with Crippen LogP contribution in [0.2, 0.25) is 0 Å². The van der Waals surface area contributed by atoms with E-state index in [0.717, 1.165) is 19.0 Å². The van der Waals surface area contributed by atoms with Crippen molar-refractivity contribution in [3.63, 3.8) is 0 Å². The van der Waals surface area contributed by atoms with Gasteiger partial charge < -0.3 is 15.4 Å². The minimum absolute atomic E-state index is 0.144. The van der Waals surface area contributed by atoms with Crippen LogP contribution in [0.1, 0.15) is 26.7 Å². The predicted molar refractivity (Wildman–Crippen MR) is 62.9 cm³/mol. The number of likely N-dealkylation sites (tertiary alicyclic amines) is 1. The van der Waals surface area contributed by atoms with E-state index in [2.05, 4.69) is 16.8 Å². The first kappa shape index (κ1) is 12.3. The quantitative estimate of drug-likeness (QED) is 0.563. The summed E-state index contributed by atoms with van der Waals surface area (Å²) >= 11 is 0. The normalized spacial score (nSPS) is 25.4. The zero-order valence-corrected chi connectivity index (χ0v) is 10.1. The number of hydrogen-bond donors (Lipinski definition) is 1. The summed E-state index contributed by atoms with van der Waals surface area (Å²) in [7, 11) is 1.69. The fourth-order valence-electron chi connectivity index (χ4n) is 1.79. The summed E-state index contributed by atoms with van der Waals surface area (Å²) in [5.74, 6) is 1.40. The van der Waals surface area contributed by atoms with Gasteiger partial charge in [-0.3, -0.25) is 4.99 Å². The summed E-state index contributed by atoms with van der Waals surface area (Å²) in [6.45, 7) is 6.98. The molecular weight excluding hydrogens is 190 g/mol. The number of ether oxygens (including phenoxy) is 1. The fraction of sp³-hybridized carbons (Fsp3) is 0.909. The summed E-state index contributed by atoms with van der Waals surface area (Å²) in [6.07, 6.45) is 2.67. The molecule has 88 valence electrons. The summed E-state index contributed by atoms with van der Waals surface area (Å²) < 4.78 is 5.13. The molecule has 0 aromatic carbocycles. The molecule has 0 aliphatic carbocycles. The lowest BCUT2D eigenvalue weighted by Gasteiger charge is -2.31. The number of hydrogen-bond acceptors (Lipinski definition) is 2. The number of guanidine groups is 1. The second-order valence-corrected chi connectivity index (χ2v) is 4.44. The van der Waals surface area contributed by atoms with E-state index in [-0.39, 0.29) is 6.10 Å². The number of rotatable bonds is 3. The van der Waals surface area contributed by atoms with Crippen molar-refractivity contribution in [3.8, 4) is 0 Å². The van der Waals surface area contributed by atoms with Gasteiger partial charge >= 0.3 is 0 Å². The molecule has 0 bridgehead atoms. The van der Waals surface area contributed by atoms with Crippen molar-refractivity contribution in [1.82, 2.24) is 4.90 Å². The molecule has 2 N–H and O–H groups in total. The van der Waals surface area contributed by atoms with Crippen LogP contribution < -0.4 is 5.73 Å². The highest BCUT2D eigenvalue weighted by Gasteiger charge is 2.17. The molecule has 4 nitrogen and oxygen atoms in total. The molecule has 1 aliphatic rings. The molecular formula is C11H23N3O. The van der Waals surface area contributed by atoms with Crippen LogP contribution in [-0.2, 0) is 4.74 Å².